The average molecular weight is 367 g/mol. The maximum atomic E-state index is 5.81. The Kier molecular flexibility index (Phi) is 4.94. The van der Waals surface area contributed by atoms with E-state index in [2.05, 4.69) is 41.5 Å². The number of benzene rings is 2. The van der Waals surface area contributed by atoms with E-state index in [1.165, 1.54) is 22.2 Å². The normalized spacial score (nSPS) is 16.2. The second kappa shape index (κ2) is 7.53. The third-order valence-electron chi connectivity index (χ3n) is 5.26. The summed E-state index contributed by atoms with van der Waals surface area (Å²) in [6, 6.07) is 12.7. The highest BCUT2D eigenvalue weighted by Gasteiger charge is 2.29. The van der Waals surface area contributed by atoms with Crippen molar-refractivity contribution in [3.05, 3.63) is 53.2 Å². The van der Waals surface area contributed by atoms with Gasteiger partial charge in [-0.2, -0.15) is 0 Å². The Bertz CT molecular complexity index is 948. The number of hydrogen-bond donors (Lipinski definition) is 2. The van der Waals surface area contributed by atoms with Crippen molar-refractivity contribution >= 4 is 10.9 Å². The van der Waals surface area contributed by atoms with Crippen molar-refractivity contribution in [2.75, 3.05) is 27.4 Å². The largest absolute Gasteiger partial charge is 0.497 e. The van der Waals surface area contributed by atoms with Gasteiger partial charge in [0.05, 0.1) is 33.1 Å². The predicted molar refractivity (Wildman–Crippen MR) is 106 cm³/mol. The van der Waals surface area contributed by atoms with E-state index in [1.807, 2.05) is 12.1 Å². The minimum atomic E-state index is 0.223. The third-order valence-corrected chi connectivity index (χ3v) is 5.26. The van der Waals surface area contributed by atoms with E-state index >= 15 is 0 Å². The first kappa shape index (κ1) is 17.7. The molecule has 1 aliphatic heterocycles. The maximum absolute atomic E-state index is 5.81. The van der Waals surface area contributed by atoms with Crippen molar-refractivity contribution in [3.63, 3.8) is 0 Å². The van der Waals surface area contributed by atoms with Crippen molar-refractivity contribution in [2.24, 2.45) is 0 Å². The molecule has 142 valence electrons. The van der Waals surface area contributed by atoms with Gasteiger partial charge in [0.1, 0.15) is 5.75 Å². The van der Waals surface area contributed by atoms with Crippen LogP contribution in [0.2, 0.25) is 0 Å². The molecule has 0 unspecified atom stereocenters. The van der Waals surface area contributed by atoms with Crippen molar-refractivity contribution in [3.8, 4) is 17.2 Å². The minimum absolute atomic E-state index is 0.223. The smallest absolute Gasteiger partial charge is 0.161 e. The van der Waals surface area contributed by atoms with Crippen LogP contribution in [-0.2, 0) is 6.42 Å². The number of methoxy groups -OCH3 is 2. The molecule has 27 heavy (non-hydrogen) atoms. The Morgan fingerprint density at radius 3 is 2.74 bits per heavy atom. The number of aromatic nitrogens is 1. The number of fused-ring (bicyclic) bond motifs is 3. The van der Waals surface area contributed by atoms with Gasteiger partial charge in [-0.15, -0.1) is 0 Å². The molecule has 0 amide bonds. The fourth-order valence-corrected chi connectivity index (χ4v) is 3.93. The molecule has 5 heteroatoms. The highest BCUT2D eigenvalue weighted by Crippen LogP contribution is 2.35. The summed E-state index contributed by atoms with van der Waals surface area (Å²) in [5, 5.41) is 3.65. The number of quaternary nitrogens is 1. The summed E-state index contributed by atoms with van der Waals surface area (Å²) in [6.07, 6.45) is 2.02. The van der Waals surface area contributed by atoms with E-state index in [0.717, 1.165) is 42.2 Å². The highest BCUT2D eigenvalue weighted by atomic mass is 16.5. The van der Waals surface area contributed by atoms with Crippen LogP contribution in [0.3, 0.4) is 0 Å². The van der Waals surface area contributed by atoms with E-state index < -0.39 is 0 Å². The lowest BCUT2D eigenvalue weighted by molar-refractivity contribution is -0.690. The number of nitrogens with two attached hydrogens (primary N) is 1. The number of aromatic amines is 1. The first-order chi connectivity index (χ1) is 13.2. The topological polar surface area (TPSA) is 60.1 Å². The van der Waals surface area contributed by atoms with Crippen molar-refractivity contribution in [2.45, 2.75) is 25.8 Å². The van der Waals surface area contributed by atoms with E-state index in [0.29, 0.717) is 6.61 Å². The zero-order chi connectivity index (χ0) is 18.8. The molecular formula is C22H27N2O3+. The number of ether oxygens (including phenoxy) is 3. The summed E-state index contributed by atoms with van der Waals surface area (Å²) >= 11 is 0. The first-order valence-electron chi connectivity index (χ1n) is 9.57. The molecule has 1 aliphatic rings. The minimum Gasteiger partial charge on any atom is -0.497 e. The van der Waals surface area contributed by atoms with E-state index in [-0.39, 0.29) is 6.04 Å². The zero-order valence-corrected chi connectivity index (χ0v) is 16.2. The van der Waals surface area contributed by atoms with E-state index in [9.17, 15) is 0 Å². The summed E-state index contributed by atoms with van der Waals surface area (Å²) in [6.45, 7) is 3.85. The van der Waals surface area contributed by atoms with Crippen LogP contribution in [0, 0.1) is 0 Å². The molecule has 3 N–H and O–H groups in total. The molecule has 0 radical (unpaired) electrons. The molecular weight excluding hydrogens is 340 g/mol. The zero-order valence-electron chi connectivity index (χ0n) is 16.2. The van der Waals surface area contributed by atoms with E-state index in [1.54, 1.807) is 14.2 Å². The number of H-pyrrole nitrogens is 1. The first-order valence-corrected chi connectivity index (χ1v) is 9.57. The number of rotatable bonds is 6. The fourth-order valence-electron chi connectivity index (χ4n) is 3.93. The van der Waals surface area contributed by atoms with Crippen LogP contribution in [0.5, 0.6) is 17.2 Å². The highest BCUT2D eigenvalue weighted by molar-refractivity contribution is 5.86. The van der Waals surface area contributed by atoms with Gasteiger partial charge in [0, 0.05) is 22.9 Å². The summed E-state index contributed by atoms with van der Waals surface area (Å²) in [7, 11) is 3.41. The van der Waals surface area contributed by atoms with Gasteiger partial charge in [0.25, 0.3) is 0 Å². The van der Waals surface area contributed by atoms with Gasteiger partial charge in [-0.05, 0) is 48.4 Å². The molecule has 4 rings (SSSR count). The molecule has 0 bridgehead atoms. The Labute approximate surface area is 159 Å². The van der Waals surface area contributed by atoms with Crippen LogP contribution >= 0.6 is 0 Å². The molecule has 0 aliphatic carbocycles. The SMILES string of the molecule is CCCOc1ccc([C@H]2[NH2+]CCc3c2[nH]c2ccc(OC)cc32)cc1OC. The number of hydrogen-bond acceptors (Lipinski definition) is 3. The average Bonchev–Trinajstić information content (AvgIpc) is 3.10. The van der Waals surface area contributed by atoms with Crippen LogP contribution in [0.15, 0.2) is 36.4 Å². The molecule has 2 heterocycles. The Morgan fingerprint density at radius 1 is 1.07 bits per heavy atom. The lowest BCUT2D eigenvalue weighted by Gasteiger charge is -2.22. The van der Waals surface area contributed by atoms with Crippen molar-refractivity contribution in [1.82, 2.24) is 4.98 Å². The lowest BCUT2D eigenvalue weighted by atomic mass is 9.94. The molecule has 0 saturated heterocycles. The molecule has 1 aromatic heterocycles. The third kappa shape index (κ3) is 3.23. The lowest BCUT2D eigenvalue weighted by Crippen LogP contribution is -2.87. The van der Waals surface area contributed by atoms with Crippen LogP contribution in [0.1, 0.15) is 36.2 Å². The standard InChI is InChI=1S/C22H26N2O3/c1-4-11-27-19-8-5-14(12-20(19)26-3)21-22-16(9-10-23-21)17-13-15(25-2)6-7-18(17)24-22/h5-8,12-13,21,23-24H,4,9-11H2,1-3H3/p+1/t21-/m1/s1. The number of nitrogens with one attached hydrogen (secondary N) is 1. The quantitative estimate of drug-likeness (QED) is 0.703. The van der Waals surface area contributed by atoms with Crippen LogP contribution < -0.4 is 19.5 Å². The van der Waals surface area contributed by atoms with Crippen LogP contribution in [0.4, 0.5) is 0 Å². The Balaban J connectivity index is 1.74. The fraction of sp³-hybridized carbons (Fsp3) is 0.364. The van der Waals surface area contributed by atoms with Gasteiger partial charge >= 0.3 is 0 Å². The summed E-state index contributed by atoms with van der Waals surface area (Å²) < 4.78 is 16.8. The summed E-state index contributed by atoms with van der Waals surface area (Å²) in [5.74, 6) is 2.49. The second-order valence-corrected chi connectivity index (χ2v) is 6.94. The van der Waals surface area contributed by atoms with Gasteiger partial charge in [0.15, 0.2) is 17.5 Å². The monoisotopic (exact) mass is 367 g/mol. The van der Waals surface area contributed by atoms with Gasteiger partial charge in [-0.25, -0.2) is 0 Å². The molecule has 2 aromatic carbocycles. The molecule has 3 aromatic rings. The molecule has 0 saturated carbocycles. The summed E-state index contributed by atoms with van der Waals surface area (Å²) in [4.78, 5) is 3.64. The second-order valence-electron chi connectivity index (χ2n) is 6.94. The van der Waals surface area contributed by atoms with Crippen molar-refractivity contribution in [1.29, 1.82) is 0 Å². The van der Waals surface area contributed by atoms with Crippen molar-refractivity contribution < 1.29 is 19.5 Å². The van der Waals surface area contributed by atoms with Gasteiger partial charge < -0.3 is 24.5 Å². The van der Waals surface area contributed by atoms with E-state index in [4.69, 9.17) is 14.2 Å². The molecule has 5 nitrogen and oxygen atoms in total. The Hall–Kier alpha value is -2.66. The molecule has 0 fully saturated rings. The predicted octanol–water partition coefficient (Wildman–Crippen LogP) is 3.18. The van der Waals surface area contributed by atoms with Gasteiger partial charge in [0.2, 0.25) is 0 Å². The summed E-state index contributed by atoms with van der Waals surface area (Å²) in [5.41, 5.74) is 5.04. The Morgan fingerprint density at radius 2 is 1.96 bits per heavy atom. The molecule has 0 spiro atoms. The van der Waals surface area contributed by atoms with Crippen LogP contribution in [0.25, 0.3) is 10.9 Å². The van der Waals surface area contributed by atoms with Gasteiger partial charge in [-0.3, -0.25) is 0 Å². The van der Waals surface area contributed by atoms with Gasteiger partial charge in [-0.1, -0.05) is 6.92 Å². The molecule has 1 atom stereocenters. The van der Waals surface area contributed by atoms with Crippen LogP contribution in [-0.4, -0.2) is 32.4 Å². The maximum Gasteiger partial charge on any atom is 0.161 e.